The second-order valence-electron chi connectivity index (χ2n) is 8.68. The fraction of sp³-hybridized carbons (Fsp3) is 0.542. The molecule has 2 aliphatic heterocycles. The lowest BCUT2D eigenvalue weighted by atomic mass is 10.1. The number of alkyl halides is 3. The van der Waals surface area contributed by atoms with Gasteiger partial charge in [0.15, 0.2) is 0 Å². The van der Waals surface area contributed by atoms with Gasteiger partial charge in [-0.1, -0.05) is 6.07 Å². The van der Waals surface area contributed by atoms with E-state index in [0.29, 0.717) is 44.4 Å². The first kappa shape index (κ1) is 26.0. The highest BCUT2D eigenvalue weighted by molar-refractivity contribution is 5.96. The lowest BCUT2D eigenvalue weighted by Gasteiger charge is -2.36. The number of hydrogen-bond acceptors (Lipinski definition) is 8. The van der Waals surface area contributed by atoms with Crippen molar-refractivity contribution in [2.45, 2.75) is 12.6 Å². The van der Waals surface area contributed by atoms with Gasteiger partial charge in [0.1, 0.15) is 5.56 Å². The molecule has 0 bridgehead atoms. The topological polar surface area (TPSA) is 83.1 Å². The molecule has 36 heavy (non-hydrogen) atoms. The number of morpholine rings is 1. The number of hydrogen-bond donors (Lipinski definition) is 1. The van der Waals surface area contributed by atoms with Gasteiger partial charge in [-0.25, -0.2) is 4.98 Å². The zero-order chi connectivity index (χ0) is 25.5. The number of benzene rings is 1. The van der Waals surface area contributed by atoms with Crippen LogP contribution in [0.3, 0.4) is 0 Å². The Morgan fingerprint density at radius 2 is 1.83 bits per heavy atom. The zero-order valence-electron chi connectivity index (χ0n) is 20.3. The largest absolute Gasteiger partial charge is 0.480 e. The summed E-state index contributed by atoms with van der Waals surface area (Å²) >= 11 is 0. The molecule has 1 aromatic carbocycles. The van der Waals surface area contributed by atoms with Gasteiger partial charge in [0, 0.05) is 57.7 Å². The first-order valence-electron chi connectivity index (χ1n) is 12.0. The Hall–Kier alpha value is -3.12. The number of nitrogens with zero attached hydrogens (tertiary/aromatic N) is 5. The second kappa shape index (κ2) is 11.7. The van der Waals surface area contributed by atoms with Gasteiger partial charge in [0.2, 0.25) is 11.8 Å². The summed E-state index contributed by atoms with van der Waals surface area (Å²) < 4.78 is 49.9. The van der Waals surface area contributed by atoms with Crippen LogP contribution in [0, 0.1) is 0 Å². The molecule has 2 aliphatic rings. The van der Waals surface area contributed by atoms with Gasteiger partial charge in [0.05, 0.1) is 25.9 Å². The quantitative estimate of drug-likeness (QED) is 0.544. The highest BCUT2D eigenvalue weighted by Gasteiger charge is 2.31. The van der Waals surface area contributed by atoms with Crippen LogP contribution in [-0.2, 0) is 10.9 Å². The smallest absolute Gasteiger partial charge is 0.416 e. The normalized spacial score (nSPS) is 17.2. The molecular weight excluding hydrogens is 477 g/mol. The van der Waals surface area contributed by atoms with Crippen LogP contribution in [-0.4, -0.2) is 93.5 Å². The van der Waals surface area contributed by atoms with Crippen LogP contribution in [0.4, 0.5) is 24.8 Å². The standard InChI is InChI=1S/C24H31F3N6O3/c1-35-22-20(21(34)28-6-3-7-31-12-14-36-15-13-31)17-29-23(30-22)33-10-8-32(9-11-33)19-5-2-4-18(16-19)24(25,26)27/h2,4-5,16-17H,3,6-15H2,1H3,(H,28,34). The number of rotatable bonds is 8. The van der Waals surface area contributed by atoms with E-state index in [0.717, 1.165) is 45.3 Å². The molecular formula is C24H31F3N6O3. The number of anilines is 2. The molecule has 2 aromatic rings. The van der Waals surface area contributed by atoms with E-state index in [1.807, 2.05) is 9.80 Å². The van der Waals surface area contributed by atoms with Crippen molar-refractivity contribution in [1.29, 1.82) is 0 Å². The molecule has 4 rings (SSSR count). The average molecular weight is 509 g/mol. The predicted octanol–water partition coefficient (Wildman–Crippen LogP) is 2.28. The highest BCUT2D eigenvalue weighted by atomic mass is 19.4. The van der Waals surface area contributed by atoms with E-state index in [-0.39, 0.29) is 17.4 Å². The first-order valence-corrected chi connectivity index (χ1v) is 12.0. The monoisotopic (exact) mass is 508 g/mol. The van der Waals surface area contributed by atoms with Crippen molar-refractivity contribution in [1.82, 2.24) is 20.2 Å². The average Bonchev–Trinajstić information content (AvgIpc) is 2.91. The Kier molecular flexibility index (Phi) is 8.47. The lowest BCUT2D eigenvalue weighted by molar-refractivity contribution is -0.137. The predicted molar refractivity (Wildman–Crippen MR) is 129 cm³/mol. The summed E-state index contributed by atoms with van der Waals surface area (Å²) in [6.07, 6.45) is -2.10. The van der Waals surface area contributed by atoms with Crippen LogP contribution in [0.1, 0.15) is 22.3 Å². The molecule has 1 N–H and O–H groups in total. The Labute approximate surface area is 208 Å². The Morgan fingerprint density at radius 1 is 1.11 bits per heavy atom. The third-order valence-corrected chi connectivity index (χ3v) is 6.32. The van der Waals surface area contributed by atoms with Crippen molar-refractivity contribution in [3.63, 3.8) is 0 Å². The highest BCUT2D eigenvalue weighted by Crippen LogP contribution is 2.32. The number of amides is 1. The summed E-state index contributed by atoms with van der Waals surface area (Å²) in [7, 11) is 1.45. The SMILES string of the molecule is COc1nc(N2CCN(c3cccc(C(F)(F)F)c3)CC2)ncc1C(=O)NCCCN1CCOCC1. The minimum atomic E-state index is -4.38. The van der Waals surface area contributed by atoms with Crippen molar-refractivity contribution in [3.05, 3.63) is 41.6 Å². The molecule has 0 saturated carbocycles. The summed E-state index contributed by atoms with van der Waals surface area (Å²) in [5.41, 5.74) is 0.129. The third kappa shape index (κ3) is 6.55. The van der Waals surface area contributed by atoms with Crippen LogP contribution in [0.25, 0.3) is 0 Å². The number of carbonyl (C=O) groups is 1. The summed E-state index contributed by atoms with van der Waals surface area (Å²) in [6.45, 7) is 6.79. The molecule has 9 nitrogen and oxygen atoms in total. The van der Waals surface area contributed by atoms with E-state index in [2.05, 4.69) is 20.2 Å². The maximum absolute atomic E-state index is 13.1. The number of ether oxygens (including phenoxy) is 2. The zero-order valence-corrected chi connectivity index (χ0v) is 20.3. The summed E-state index contributed by atoms with van der Waals surface area (Å²) in [4.78, 5) is 27.6. The van der Waals surface area contributed by atoms with Gasteiger partial charge in [0.25, 0.3) is 5.91 Å². The summed E-state index contributed by atoms with van der Waals surface area (Å²) in [6, 6.07) is 5.34. The van der Waals surface area contributed by atoms with Crippen LogP contribution >= 0.6 is 0 Å². The Bertz CT molecular complexity index is 1020. The number of nitrogens with one attached hydrogen (secondary N) is 1. The van der Waals surface area contributed by atoms with E-state index in [1.165, 1.54) is 25.4 Å². The number of halogens is 3. The van der Waals surface area contributed by atoms with Crippen molar-refractivity contribution >= 4 is 17.5 Å². The molecule has 0 radical (unpaired) electrons. The molecule has 3 heterocycles. The number of aromatic nitrogens is 2. The third-order valence-electron chi connectivity index (χ3n) is 6.32. The molecule has 0 unspecified atom stereocenters. The maximum Gasteiger partial charge on any atom is 0.416 e. The summed E-state index contributed by atoms with van der Waals surface area (Å²) in [5.74, 6) is 0.306. The van der Waals surface area contributed by atoms with E-state index < -0.39 is 11.7 Å². The van der Waals surface area contributed by atoms with E-state index in [9.17, 15) is 18.0 Å². The fourth-order valence-corrected chi connectivity index (χ4v) is 4.29. The maximum atomic E-state index is 13.1. The Morgan fingerprint density at radius 3 is 2.53 bits per heavy atom. The van der Waals surface area contributed by atoms with Crippen LogP contribution < -0.4 is 19.9 Å². The van der Waals surface area contributed by atoms with Gasteiger partial charge < -0.3 is 24.6 Å². The number of methoxy groups -OCH3 is 1. The molecule has 2 saturated heterocycles. The van der Waals surface area contributed by atoms with E-state index in [4.69, 9.17) is 9.47 Å². The van der Waals surface area contributed by atoms with Gasteiger partial charge in [-0.3, -0.25) is 9.69 Å². The molecule has 0 aliphatic carbocycles. The second-order valence-corrected chi connectivity index (χ2v) is 8.68. The minimum absolute atomic E-state index is 0.186. The number of piperazine rings is 1. The molecule has 0 atom stereocenters. The summed E-state index contributed by atoms with van der Waals surface area (Å²) in [5, 5.41) is 2.89. The van der Waals surface area contributed by atoms with E-state index in [1.54, 1.807) is 6.07 Å². The van der Waals surface area contributed by atoms with Crippen molar-refractivity contribution in [3.8, 4) is 5.88 Å². The van der Waals surface area contributed by atoms with Gasteiger partial charge in [-0.05, 0) is 31.2 Å². The molecule has 1 aromatic heterocycles. The van der Waals surface area contributed by atoms with Crippen molar-refractivity contribution in [2.24, 2.45) is 0 Å². The first-order chi connectivity index (χ1) is 17.3. The molecule has 1 amide bonds. The van der Waals surface area contributed by atoms with Crippen LogP contribution in [0.15, 0.2) is 30.5 Å². The van der Waals surface area contributed by atoms with Crippen molar-refractivity contribution < 1.29 is 27.4 Å². The van der Waals surface area contributed by atoms with Gasteiger partial charge >= 0.3 is 6.18 Å². The molecule has 196 valence electrons. The molecule has 2 fully saturated rings. The molecule has 0 spiro atoms. The van der Waals surface area contributed by atoms with E-state index >= 15 is 0 Å². The van der Waals surface area contributed by atoms with Gasteiger partial charge in [-0.15, -0.1) is 0 Å². The number of carbonyl (C=O) groups excluding carboxylic acids is 1. The van der Waals surface area contributed by atoms with Crippen molar-refractivity contribution in [2.75, 3.05) is 82.5 Å². The molecule has 12 heteroatoms. The lowest BCUT2D eigenvalue weighted by Crippen LogP contribution is -2.47. The van der Waals surface area contributed by atoms with Crippen LogP contribution in [0.5, 0.6) is 5.88 Å². The Balaban J connectivity index is 1.31. The van der Waals surface area contributed by atoms with Crippen LogP contribution in [0.2, 0.25) is 0 Å². The van der Waals surface area contributed by atoms with Gasteiger partial charge in [-0.2, -0.15) is 18.2 Å². The fourth-order valence-electron chi connectivity index (χ4n) is 4.29. The minimum Gasteiger partial charge on any atom is -0.480 e.